The van der Waals surface area contributed by atoms with Crippen molar-refractivity contribution in [1.29, 1.82) is 0 Å². The zero-order valence-corrected chi connectivity index (χ0v) is 20.7. The Hall–Kier alpha value is -3.55. The number of likely N-dealkylation sites (tertiary alicyclic amines) is 1. The van der Waals surface area contributed by atoms with Crippen LogP contribution >= 0.6 is 0 Å². The molecular formula is C27H35N3O5. The maximum atomic E-state index is 12.9. The highest BCUT2D eigenvalue weighted by atomic mass is 16.5. The monoisotopic (exact) mass is 481 g/mol. The summed E-state index contributed by atoms with van der Waals surface area (Å²) < 4.78 is 10.2. The number of anilines is 1. The van der Waals surface area contributed by atoms with Gasteiger partial charge in [-0.2, -0.15) is 0 Å². The third-order valence-electron chi connectivity index (χ3n) is 6.42. The summed E-state index contributed by atoms with van der Waals surface area (Å²) in [5.74, 6) is 0.867. The second-order valence-corrected chi connectivity index (χ2v) is 8.72. The number of piperidine rings is 1. The van der Waals surface area contributed by atoms with Crippen LogP contribution in [-0.2, 0) is 16.1 Å². The molecule has 8 nitrogen and oxygen atoms in total. The number of ether oxygens (including phenoxy) is 2. The van der Waals surface area contributed by atoms with Gasteiger partial charge in [0.05, 0.1) is 19.3 Å². The molecule has 3 amide bonds. The van der Waals surface area contributed by atoms with Crippen LogP contribution in [0.1, 0.15) is 49.0 Å². The van der Waals surface area contributed by atoms with Crippen LogP contribution in [-0.4, -0.2) is 49.6 Å². The van der Waals surface area contributed by atoms with Crippen LogP contribution in [0.4, 0.5) is 10.5 Å². The average molecular weight is 482 g/mol. The van der Waals surface area contributed by atoms with Gasteiger partial charge >= 0.3 is 12.0 Å². The van der Waals surface area contributed by atoms with E-state index in [9.17, 15) is 14.4 Å². The number of esters is 1. The van der Waals surface area contributed by atoms with Crippen LogP contribution in [0.3, 0.4) is 0 Å². The molecule has 0 radical (unpaired) electrons. The fourth-order valence-corrected chi connectivity index (χ4v) is 4.39. The predicted molar refractivity (Wildman–Crippen MR) is 134 cm³/mol. The minimum atomic E-state index is -0.416. The maximum Gasteiger partial charge on any atom is 0.338 e. The number of carbonyl (C=O) groups is 3. The molecule has 35 heavy (non-hydrogen) atoms. The van der Waals surface area contributed by atoms with Crippen LogP contribution in [0.15, 0.2) is 48.5 Å². The van der Waals surface area contributed by atoms with E-state index in [-0.39, 0.29) is 23.8 Å². The van der Waals surface area contributed by atoms with Crippen molar-refractivity contribution >= 4 is 23.6 Å². The summed E-state index contributed by atoms with van der Waals surface area (Å²) >= 11 is 0. The van der Waals surface area contributed by atoms with Crippen molar-refractivity contribution in [3.8, 4) is 5.75 Å². The van der Waals surface area contributed by atoms with Crippen LogP contribution in [0.5, 0.6) is 5.75 Å². The van der Waals surface area contributed by atoms with Gasteiger partial charge in [-0.25, -0.2) is 9.59 Å². The highest BCUT2D eigenvalue weighted by Gasteiger charge is 2.31. The Morgan fingerprint density at radius 3 is 2.51 bits per heavy atom. The lowest BCUT2D eigenvalue weighted by Gasteiger charge is -2.38. The Kier molecular flexibility index (Phi) is 9.52. The summed E-state index contributed by atoms with van der Waals surface area (Å²) in [6.07, 6.45) is 2.11. The Labute approximate surface area is 207 Å². The molecule has 0 spiro atoms. The van der Waals surface area contributed by atoms with Gasteiger partial charge in [0.15, 0.2) is 0 Å². The third-order valence-corrected chi connectivity index (χ3v) is 6.42. The molecule has 0 aliphatic carbocycles. The lowest BCUT2D eigenvalue weighted by atomic mass is 9.81. The minimum Gasteiger partial charge on any atom is -0.497 e. The van der Waals surface area contributed by atoms with E-state index in [1.807, 2.05) is 24.3 Å². The molecule has 0 bridgehead atoms. The predicted octanol–water partition coefficient (Wildman–Crippen LogP) is 4.46. The van der Waals surface area contributed by atoms with Crippen LogP contribution < -0.4 is 15.4 Å². The molecule has 3 rings (SSSR count). The maximum absolute atomic E-state index is 12.9. The summed E-state index contributed by atoms with van der Waals surface area (Å²) in [7, 11) is 1.62. The van der Waals surface area contributed by atoms with Crippen molar-refractivity contribution in [2.75, 3.05) is 32.1 Å². The van der Waals surface area contributed by atoms with Gasteiger partial charge in [-0.1, -0.05) is 31.5 Å². The number of carbonyl (C=O) groups excluding carboxylic acids is 3. The summed E-state index contributed by atoms with van der Waals surface area (Å²) in [4.78, 5) is 39.2. The first-order valence-corrected chi connectivity index (χ1v) is 12.2. The molecule has 2 aromatic carbocycles. The van der Waals surface area contributed by atoms with E-state index in [0.717, 1.165) is 24.2 Å². The topological polar surface area (TPSA) is 97.0 Å². The highest BCUT2D eigenvalue weighted by molar-refractivity contribution is 5.94. The Morgan fingerprint density at radius 1 is 1.06 bits per heavy atom. The Bertz CT molecular complexity index is 1010. The molecule has 2 aromatic rings. The quantitative estimate of drug-likeness (QED) is 0.516. The van der Waals surface area contributed by atoms with Gasteiger partial charge in [0.2, 0.25) is 5.91 Å². The fourth-order valence-electron chi connectivity index (χ4n) is 4.39. The van der Waals surface area contributed by atoms with E-state index in [1.165, 1.54) is 0 Å². The summed E-state index contributed by atoms with van der Waals surface area (Å²) in [6.45, 7) is 5.79. The van der Waals surface area contributed by atoms with Crippen molar-refractivity contribution in [2.24, 2.45) is 11.8 Å². The molecular weight excluding hydrogens is 446 g/mol. The van der Waals surface area contributed by atoms with Gasteiger partial charge in [-0.15, -0.1) is 0 Å². The summed E-state index contributed by atoms with van der Waals surface area (Å²) in [5.41, 5.74) is 1.97. The zero-order valence-electron chi connectivity index (χ0n) is 20.7. The molecule has 188 valence electrons. The number of nitrogens with one attached hydrogen (secondary N) is 2. The fraction of sp³-hybridized carbons (Fsp3) is 0.444. The SMILES string of the molecule is CCOC(=O)c1cccc(NC(=O)N2CCC(CC(=O)NCc3ccc(OC)cc3)C(CC)C2)c1. The van der Waals surface area contributed by atoms with E-state index < -0.39 is 5.97 Å². The van der Waals surface area contributed by atoms with Gasteiger partial charge in [-0.05, 0) is 61.1 Å². The summed E-state index contributed by atoms with van der Waals surface area (Å²) in [6, 6.07) is 14.2. The van der Waals surface area contributed by atoms with E-state index >= 15 is 0 Å². The first kappa shape index (κ1) is 26.1. The molecule has 0 aromatic heterocycles. The number of hydrogen-bond acceptors (Lipinski definition) is 5. The molecule has 1 aliphatic rings. The van der Waals surface area contributed by atoms with E-state index in [1.54, 1.807) is 43.2 Å². The average Bonchev–Trinajstić information content (AvgIpc) is 2.88. The van der Waals surface area contributed by atoms with Gasteiger partial charge in [0.1, 0.15) is 5.75 Å². The van der Waals surface area contributed by atoms with E-state index in [0.29, 0.717) is 43.9 Å². The van der Waals surface area contributed by atoms with Crippen molar-refractivity contribution in [2.45, 2.75) is 39.7 Å². The second-order valence-electron chi connectivity index (χ2n) is 8.72. The molecule has 2 atom stereocenters. The molecule has 1 heterocycles. The van der Waals surface area contributed by atoms with E-state index in [4.69, 9.17) is 9.47 Å². The third kappa shape index (κ3) is 7.47. The van der Waals surface area contributed by atoms with Crippen molar-refractivity contribution < 1.29 is 23.9 Å². The van der Waals surface area contributed by atoms with Crippen molar-refractivity contribution in [1.82, 2.24) is 10.2 Å². The largest absolute Gasteiger partial charge is 0.497 e. The molecule has 2 unspecified atom stereocenters. The van der Waals surface area contributed by atoms with Gasteiger partial charge < -0.3 is 25.0 Å². The number of amides is 3. The minimum absolute atomic E-state index is 0.0259. The number of urea groups is 1. The standard InChI is InChI=1S/C27H35N3O5/c1-4-20-18-30(27(33)29-23-8-6-7-22(15-23)26(32)35-5-2)14-13-21(20)16-25(31)28-17-19-9-11-24(34-3)12-10-19/h6-12,15,20-21H,4-5,13-14,16-18H2,1-3H3,(H,28,31)(H,29,33). The van der Waals surface area contributed by atoms with Crippen molar-refractivity contribution in [3.63, 3.8) is 0 Å². The van der Waals surface area contributed by atoms with Gasteiger partial charge in [0.25, 0.3) is 0 Å². The second kappa shape index (κ2) is 12.8. The normalized spacial score (nSPS) is 17.4. The molecule has 8 heteroatoms. The number of hydrogen-bond donors (Lipinski definition) is 2. The molecule has 0 saturated carbocycles. The number of benzene rings is 2. The van der Waals surface area contributed by atoms with E-state index in [2.05, 4.69) is 17.6 Å². The van der Waals surface area contributed by atoms with Crippen molar-refractivity contribution in [3.05, 3.63) is 59.7 Å². The van der Waals surface area contributed by atoms with Gasteiger partial charge in [-0.3, -0.25) is 4.79 Å². The molecule has 1 aliphatic heterocycles. The molecule has 2 N–H and O–H groups in total. The smallest absolute Gasteiger partial charge is 0.338 e. The molecule has 1 fully saturated rings. The Balaban J connectivity index is 1.50. The number of nitrogens with zero attached hydrogens (tertiary/aromatic N) is 1. The first-order valence-electron chi connectivity index (χ1n) is 12.2. The zero-order chi connectivity index (χ0) is 25.2. The molecule has 1 saturated heterocycles. The Morgan fingerprint density at radius 2 is 1.83 bits per heavy atom. The lowest BCUT2D eigenvalue weighted by molar-refractivity contribution is -0.123. The first-order chi connectivity index (χ1) is 16.9. The van der Waals surface area contributed by atoms with Gasteiger partial charge in [0, 0.05) is 31.7 Å². The van der Waals surface area contributed by atoms with Crippen LogP contribution in [0.25, 0.3) is 0 Å². The van der Waals surface area contributed by atoms with Crippen LogP contribution in [0, 0.1) is 11.8 Å². The van der Waals surface area contributed by atoms with Crippen LogP contribution in [0.2, 0.25) is 0 Å². The lowest BCUT2D eigenvalue weighted by Crippen LogP contribution is -2.46. The highest BCUT2D eigenvalue weighted by Crippen LogP contribution is 2.29. The summed E-state index contributed by atoms with van der Waals surface area (Å²) in [5, 5.41) is 5.89. The number of methoxy groups -OCH3 is 1. The number of rotatable bonds is 9.